The number of piperidine rings is 2. The first kappa shape index (κ1) is 20.5. The molecular weight excluding hydrogens is 388 g/mol. The lowest BCUT2D eigenvalue weighted by Gasteiger charge is -2.31. The van der Waals surface area contributed by atoms with Gasteiger partial charge in [0.25, 0.3) is 11.8 Å². The van der Waals surface area contributed by atoms with Crippen molar-refractivity contribution >= 4 is 23.6 Å². The quantitative estimate of drug-likeness (QED) is 0.635. The number of ether oxygens (including phenoxy) is 1. The van der Waals surface area contributed by atoms with Crippen molar-refractivity contribution in [2.75, 3.05) is 32.8 Å². The molecule has 0 spiro atoms. The Bertz CT molecular complexity index is 878. The maximum atomic E-state index is 12.8. The fourth-order valence-electron chi connectivity index (χ4n) is 4.28. The zero-order valence-electron chi connectivity index (χ0n) is 16.8. The van der Waals surface area contributed by atoms with Crippen LogP contribution >= 0.6 is 0 Å². The summed E-state index contributed by atoms with van der Waals surface area (Å²) in [7, 11) is 0. The standard InChI is InChI=1S/C21H26N4O5/c22-12-13-5-7-24(8-6-13)9-10-30-14-1-2-15-16(11-14)21(29)25(20(15)28)17-3-4-18(26)23-19(17)27/h1-2,11,13,17H,3-10,12,22H2,(H,23,26,27). The average molecular weight is 414 g/mol. The van der Waals surface area contributed by atoms with Crippen molar-refractivity contribution in [1.82, 2.24) is 15.1 Å². The Hall–Kier alpha value is -2.78. The summed E-state index contributed by atoms with van der Waals surface area (Å²) in [6.07, 6.45) is 2.44. The van der Waals surface area contributed by atoms with Crippen molar-refractivity contribution in [1.29, 1.82) is 0 Å². The summed E-state index contributed by atoms with van der Waals surface area (Å²) in [4.78, 5) is 52.3. The summed E-state index contributed by atoms with van der Waals surface area (Å²) in [6, 6.07) is 3.82. The summed E-state index contributed by atoms with van der Waals surface area (Å²) in [5.41, 5.74) is 6.20. The van der Waals surface area contributed by atoms with E-state index in [0.29, 0.717) is 18.3 Å². The molecule has 0 radical (unpaired) electrons. The van der Waals surface area contributed by atoms with Gasteiger partial charge in [-0.05, 0) is 63.0 Å². The molecule has 4 rings (SSSR count). The van der Waals surface area contributed by atoms with Crippen LogP contribution < -0.4 is 15.8 Å². The minimum absolute atomic E-state index is 0.0979. The molecule has 2 fully saturated rings. The van der Waals surface area contributed by atoms with E-state index in [1.54, 1.807) is 18.2 Å². The zero-order valence-corrected chi connectivity index (χ0v) is 16.8. The summed E-state index contributed by atoms with van der Waals surface area (Å²) in [5, 5.41) is 2.19. The van der Waals surface area contributed by atoms with E-state index in [4.69, 9.17) is 10.5 Å². The number of nitrogens with two attached hydrogens (primary N) is 1. The maximum absolute atomic E-state index is 12.8. The molecule has 3 aliphatic heterocycles. The predicted molar refractivity (Wildman–Crippen MR) is 107 cm³/mol. The smallest absolute Gasteiger partial charge is 0.262 e. The maximum Gasteiger partial charge on any atom is 0.262 e. The Kier molecular flexibility index (Phi) is 5.83. The molecule has 9 nitrogen and oxygen atoms in total. The van der Waals surface area contributed by atoms with Gasteiger partial charge in [0.15, 0.2) is 0 Å². The zero-order chi connectivity index (χ0) is 21.3. The van der Waals surface area contributed by atoms with Crippen LogP contribution in [0, 0.1) is 5.92 Å². The van der Waals surface area contributed by atoms with E-state index in [1.807, 2.05) is 0 Å². The molecule has 9 heteroatoms. The van der Waals surface area contributed by atoms with E-state index in [-0.39, 0.29) is 24.0 Å². The molecule has 30 heavy (non-hydrogen) atoms. The van der Waals surface area contributed by atoms with Gasteiger partial charge >= 0.3 is 0 Å². The minimum Gasteiger partial charge on any atom is -0.492 e. The van der Waals surface area contributed by atoms with Crippen molar-refractivity contribution in [2.24, 2.45) is 11.7 Å². The number of fused-ring (bicyclic) bond motifs is 1. The van der Waals surface area contributed by atoms with Crippen molar-refractivity contribution in [2.45, 2.75) is 31.7 Å². The second-order valence-corrected chi connectivity index (χ2v) is 8.02. The second-order valence-electron chi connectivity index (χ2n) is 8.02. The first-order valence-electron chi connectivity index (χ1n) is 10.4. The summed E-state index contributed by atoms with van der Waals surface area (Å²) in [5.74, 6) is -0.935. The fraction of sp³-hybridized carbons (Fsp3) is 0.524. The highest BCUT2D eigenvalue weighted by molar-refractivity contribution is 6.23. The third-order valence-corrected chi connectivity index (χ3v) is 6.13. The molecule has 1 atom stereocenters. The van der Waals surface area contributed by atoms with Gasteiger partial charge in [-0.2, -0.15) is 0 Å². The number of hydrogen-bond donors (Lipinski definition) is 2. The molecule has 1 unspecified atom stereocenters. The predicted octanol–water partition coefficient (Wildman–Crippen LogP) is 0.137. The van der Waals surface area contributed by atoms with Crippen molar-refractivity contribution in [3.8, 4) is 5.75 Å². The minimum atomic E-state index is -0.962. The van der Waals surface area contributed by atoms with Gasteiger partial charge in [-0.15, -0.1) is 0 Å². The van der Waals surface area contributed by atoms with E-state index >= 15 is 0 Å². The third kappa shape index (κ3) is 3.95. The van der Waals surface area contributed by atoms with Crippen LogP contribution in [0.4, 0.5) is 0 Å². The highest BCUT2D eigenvalue weighted by atomic mass is 16.5. The van der Waals surface area contributed by atoms with Crippen LogP contribution in [0.15, 0.2) is 18.2 Å². The molecule has 0 aromatic heterocycles. The Morgan fingerprint density at radius 1 is 1.03 bits per heavy atom. The summed E-state index contributed by atoms with van der Waals surface area (Å²) < 4.78 is 5.81. The van der Waals surface area contributed by atoms with Crippen molar-refractivity contribution < 1.29 is 23.9 Å². The largest absolute Gasteiger partial charge is 0.492 e. The van der Waals surface area contributed by atoms with Crippen LogP contribution in [-0.4, -0.2) is 72.3 Å². The molecule has 4 amide bonds. The lowest BCUT2D eigenvalue weighted by molar-refractivity contribution is -0.136. The monoisotopic (exact) mass is 414 g/mol. The first-order valence-corrected chi connectivity index (χ1v) is 10.4. The highest BCUT2D eigenvalue weighted by Crippen LogP contribution is 2.30. The van der Waals surface area contributed by atoms with Gasteiger partial charge in [0.2, 0.25) is 11.8 Å². The molecule has 2 saturated heterocycles. The van der Waals surface area contributed by atoms with Gasteiger partial charge in [0.1, 0.15) is 18.4 Å². The van der Waals surface area contributed by atoms with E-state index < -0.39 is 29.7 Å². The number of amides is 4. The average Bonchev–Trinajstić information content (AvgIpc) is 2.99. The summed E-state index contributed by atoms with van der Waals surface area (Å²) >= 11 is 0. The number of nitrogens with one attached hydrogen (secondary N) is 1. The molecule has 1 aromatic carbocycles. The Labute approximate surface area is 174 Å². The molecule has 3 N–H and O–H groups in total. The van der Waals surface area contributed by atoms with Crippen LogP contribution in [0.2, 0.25) is 0 Å². The van der Waals surface area contributed by atoms with E-state index in [2.05, 4.69) is 10.2 Å². The number of imide groups is 2. The van der Waals surface area contributed by atoms with Crippen LogP contribution in [0.5, 0.6) is 5.75 Å². The van der Waals surface area contributed by atoms with Gasteiger partial charge in [0.05, 0.1) is 11.1 Å². The lowest BCUT2D eigenvalue weighted by atomic mass is 9.97. The molecule has 1 aromatic rings. The normalized spacial score (nSPS) is 23.0. The van der Waals surface area contributed by atoms with Gasteiger partial charge < -0.3 is 10.5 Å². The van der Waals surface area contributed by atoms with Crippen LogP contribution in [0.1, 0.15) is 46.4 Å². The Balaban J connectivity index is 1.37. The van der Waals surface area contributed by atoms with E-state index in [9.17, 15) is 19.2 Å². The summed E-state index contributed by atoms with van der Waals surface area (Å²) in [6.45, 7) is 4.00. The number of nitrogens with zero attached hydrogens (tertiary/aromatic N) is 2. The van der Waals surface area contributed by atoms with Crippen LogP contribution in [-0.2, 0) is 9.59 Å². The van der Waals surface area contributed by atoms with Crippen LogP contribution in [0.3, 0.4) is 0 Å². The van der Waals surface area contributed by atoms with Crippen molar-refractivity contribution in [3.63, 3.8) is 0 Å². The molecule has 3 heterocycles. The van der Waals surface area contributed by atoms with Gasteiger partial charge in [-0.25, -0.2) is 0 Å². The third-order valence-electron chi connectivity index (χ3n) is 6.13. The Morgan fingerprint density at radius 2 is 1.77 bits per heavy atom. The van der Waals surface area contributed by atoms with Gasteiger partial charge in [-0.3, -0.25) is 34.3 Å². The number of hydrogen-bond acceptors (Lipinski definition) is 7. The molecule has 0 saturated carbocycles. The van der Waals surface area contributed by atoms with E-state index in [0.717, 1.165) is 43.9 Å². The second kappa shape index (κ2) is 8.53. The number of likely N-dealkylation sites (tertiary alicyclic amines) is 1. The number of rotatable bonds is 6. The van der Waals surface area contributed by atoms with E-state index in [1.165, 1.54) is 0 Å². The number of benzene rings is 1. The number of carbonyl (C=O) groups excluding carboxylic acids is 4. The molecular formula is C21H26N4O5. The molecule has 3 aliphatic rings. The fourth-order valence-corrected chi connectivity index (χ4v) is 4.28. The van der Waals surface area contributed by atoms with Gasteiger partial charge in [-0.1, -0.05) is 0 Å². The topological polar surface area (TPSA) is 122 Å². The number of carbonyl (C=O) groups is 4. The van der Waals surface area contributed by atoms with Crippen molar-refractivity contribution in [3.05, 3.63) is 29.3 Å². The Morgan fingerprint density at radius 3 is 2.47 bits per heavy atom. The van der Waals surface area contributed by atoms with Gasteiger partial charge in [0, 0.05) is 13.0 Å². The molecule has 0 aliphatic carbocycles. The molecule has 0 bridgehead atoms. The SMILES string of the molecule is NCC1CCN(CCOc2ccc3c(c2)C(=O)N(C2CCC(=O)NC2=O)C3=O)CC1. The molecule has 160 valence electrons. The highest BCUT2D eigenvalue weighted by Gasteiger charge is 2.44. The first-order chi connectivity index (χ1) is 14.5. The lowest BCUT2D eigenvalue weighted by Crippen LogP contribution is -2.54. The van der Waals surface area contributed by atoms with Crippen LogP contribution in [0.25, 0.3) is 0 Å².